The van der Waals surface area contributed by atoms with Crippen molar-refractivity contribution in [1.29, 1.82) is 10.5 Å². The average Bonchev–Trinajstić information content (AvgIpc) is 2.77. The third-order valence-electron chi connectivity index (χ3n) is 5.18. The molecule has 0 aliphatic heterocycles. The minimum absolute atomic E-state index is 0.193. The van der Waals surface area contributed by atoms with E-state index >= 15 is 0 Å². The van der Waals surface area contributed by atoms with Crippen molar-refractivity contribution in [1.82, 2.24) is 0 Å². The molecule has 0 heterocycles. The summed E-state index contributed by atoms with van der Waals surface area (Å²) in [6, 6.07) is 25.9. The minimum atomic E-state index is -0.535. The molecule has 0 bridgehead atoms. The van der Waals surface area contributed by atoms with E-state index in [0.29, 0.717) is 16.7 Å². The summed E-state index contributed by atoms with van der Waals surface area (Å²) in [6.07, 6.45) is 1.82. The SMILES string of the molecule is CC(/C=C(/C#N)c1ccc(F)cc1)C(c1ccccc1)C(C#N)c1ccc(F)cc1. The van der Waals surface area contributed by atoms with Crippen LogP contribution in [0.1, 0.15) is 35.4 Å². The third-order valence-corrected chi connectivity index (χ3v) is 5.18. The van der Waals surface area contributed by atoms with Crippen molar-refractivity contribution < 1.29 is 8.78 Å². The number of nitrogens with zero attached hydrogens (tertiary/aromatic N) is 2. The van der Waals surface area contributed by atoms with Crippen LogP contribution in [0.5, 0.6) is 0 Å². The molecule has 0 N–H and O–H groups in total. The molecular formula is C26H20F2N2. The standard InChI is InChI=1S/C26H20F2N2/c1-18(15-22(16-29)19-7-11-23(27)12-8-19)26(21-5-3-2-4-6-21)25(17-30)20-9-13-24(28)14-10-20/h2-15,18,25-26H,1H3/b22-15-. The van der Waals surface area contributed by atoms with Crippen LogP contribution >= 0.6 is 0 Å². The molecule has 30 heavy (non-hydrogen) atoms. The Labute approximate surface area is 175 Å². The van der Waals surface area contributed by atoms with E-state index in [1.54, 1.807) is 24.3 Å². The van der Waals surface area contributed by atoms with E-state index in [9.17, 15) is 19.3 Å². The molecule has 3 rings (SSSR count). The molecule has 4 heteroatoms. The molecule has 3 aromatic rings. The lowest BCUT2D eigenvalue weighted by molar-refractivity contribution is 0.507. The first-order valence-corrected chi connectivity index (χ1v) is 9.61. The highest BCUT2D eigenvalue weighted by Gasteiger charge is 2.29. The highest BCUT2D eigenvalue weighted by Crippen LogP contribution is 2.40. The van der Waals surface area contributed by atoms with Crippen LogP contribution < -0.4 is 0 Å². The summed E-state index contributed by atoms with van der Waals surface area (Å²) in [7, 11) is 0. The van der Waals surface area contributed by atoms with Crippen LogP contribution in [0.15, 0.2) is 84.9 Å². The summed E-state index contributed by atoms with van der Waals surface area (Å²) in [6.45, 7) is 1.95. The lowest BCUT2D eigenvalue weighted by Gasteiger charge is -2.27. The molecule has 0 saturated heterocycles. The normalized spacial score (nSPS) is 14.2. The monoisotopic (exact) mass is 398 g/mol. The van der Waals surface area contributed by atoms with E-state index in [1.807, 2.05) is 43.3 Å². The van der Waals surface area contributed by atoms with Crippen LogP contribution in [0.3, 0.4) is 0 Å². The van der Waals surface area contributed by atoms with Gasteiger partial charge < -0.3 is 0 Å². The largest absolute Gasteiger partial charge is 0.207 e. The van der Waals surface area contributed by atoms with E-state index in [-0.39, 0.29) is 23.5 Å². The highest BCUT2D eigenvalue weighted by molar-refractivity contribution is 5.76. The summed E-state index contributed by atoms with van der Waals surface area (Å²) in [5.74, 6) is -1.71. The van der Waals surface area contributed by atoms with Gasteiger partial charge in [0.1, 0.15) is 11.6 Å². The zero-order chi connectivity index (χ0) is 21.5. The fraction of sp³-hybridized carbons (Fsp3) is 0.154. The third kappa shape index (κ3) is 4.80. The first-order valence-electron chi connectivity index (χ1n) is 9.61. The smallest absolute Gasteiger partial charge is 0.123 e. The lowest BCUT2D eigenvalue weighted by atomic mass is 9.74. The maximum Gasteiger partial charge on any atom is 0.123 e. The molecule has 0 spiro atoms. The molecule has 0 aromatic heterocycles. The van der Waals surface area contributed by atoms with Crippen molar-refractivity contribution in [3.05, 3.63) is 113 Å². The van der Waals surface area contributed by atoms with Gasteiger partial charge in [-0.1, -0.05) is 67.6 Å². The molecule has 0 amide bonds. The van der Waals surface area contributed by atoms with Gasteiger partial charge in [-0.05, 0) is 46.9 Å². The van der Waals surface area contributed by atoms with E-state index in [0.717, 1.165) is 5.56 Å². The number of allylic oxidation sites excluding steroid dienone is 2. The molecule has 2 nitrogen and oxygen atoms in total. The number of hydrogen-bond acceptors (Lipinski definition) is 2. The lowest BCUT2D eigenvalue weighted by Crippen LogP contribution is -2.17. The van der Waals surface area contributed by atoms with Gasteiger partial charge in [0, 0.05) is 5.92 Å². The Morgan fingerprint density at radius 3 is 1.90 bits per heavy atom. The van der Waals surface area contributed by atoms with Crippen LogP contribution in [0, 0.1) is 40.2 Å². The molecule has 0 aliphatic rings. The van der Waals surface area contributed by atoms with Crippen molar-refractivity contribution in [2.75, 3.05) is 0 Å². The first-order chi connectivity index (χ1) is 14.5. The first kappa shape index (κ1) is 21.0. The average molecular weight is 398 g/mol. The predicted octanol–water partition coefficient (Wildman–Crippen LogP) is 6.60. The summed E-state index contributed by atoms with van der Waals surface area (Å²) in [5.41, 5.74) is 2.70. The molecular weight excluding hydrogens is 378 g/mol. The number of benzene rings is 3. The Morgan fingerprint density at radius 1 is 0.800 bits per heavy atom. The molecule has 148 valence electrons. The zero-order valence-electron chi connectivity index (χ0n) is 16.5. The van der Waals surface area contributed by atoms with E-state index < -0.39 is 5.92 Å². The van der Waals surface area contributed by atoms with E-state index in [4.69, 9.17) is 0 Å². The summed E-state index contributed by atoms with van der Waals surface area (Å²) in [5, 5.41) is 19.7. The van der Waals surface area contributed by atoms with Crippen molar-refractivity contribution in [3.63, 3.8) is 0 Å². The van der Waals surface area contributed by atoms with Crippen molar-refractivity contribution >= 4 is 5.57 Å². The van der Waals surface area contributed by atoms with Crippen LogP contribution in [0.2, 0.25) is 0 Å². The number of hydrogen-bond donors (Lipinski definition) is 0. The topological polar surface area (TPSA) is 47.6 Å². The van der Waals surface area contributed by atoms with Gasteiger partial charge >= 0.3 is 0 Å². The maximum absolute atomic E-state index is 13.4. The second-order valence-electron chi connectivity index (χ2n) is 7.15. The Hall–Kier alpha value is -3.76. The fourth-order valence-corrected chi connectivity index (χ4v) is 3.70. The van der Waals surface area contributed by atoms with Gasteiger partial charge in [0.25, 0.3) is 0 Å². The quantitative estimate of drug-likeness (QED) is 0.439. The van der Waals surface area contributed by atoms with Crippen LogP contribution in [0.25, 0.3) is 5.57 Å². The van der Waals surface area contributed by atoms with Gasteiger partial charge in [0.2, 0.25) is 0 Å². The second-order valence-corrected chi connectivity index (χ2v) is 7.15. The minimum Gasteiger partial charge on any atom is -0.207 e. The van der Waals surface area contributed by atoms with E-state index in [1.165, 1.54) is 24.3 Å². The van der Waals surface area contributed by atoms with Crippen LogP contribution in [-0.4, -0.2) is 0 Å². The predicted molar refractivity (Wildman–Crippen MR) is 113 cm³/mol. The summed E-state index contributed by atoms with van der Waals surface area (Å²) >= 11 is 0. The van der Waals surface area contributed by atoms with E-state index in [2.05, 4.69) is 12.1 Å². The van der Waals surface area contributed by atoms with Gasteiger partial charge in [0.05, 0.1) is 23.6 Å². The summed E-state index contributed by atoms with van der Waals surface area (Å²) < 4.78 is 26.7. The molecule has 0 saturated carbocycles. The Morgan fingerprint density at radius 2 is 1.37 bits per heavy atom. The Balaban J connectivity index is 2.05. The number of halogens is 2. The van der Waals surface area contributed by atoms with Crippen LogP contribution in [-0.2, 0) is 0 Å². The molecule has 0 fully saturated rings. The van der Waals surface area contributed by atoms with Gasteiger partial charge in [-0.3, -0.25) is 0 Å². The number of nitriles is 2. The van der Waals surface area contributed by atoms with Gasteiger partial charge in [-0.2, -0.15) is 10.5 Å². The van der Waals surface area contributed by atoms with Gasteiger partial charge in [0.15, 0.2) is 0 Å². The molecule has 0 aliphatic carbocycles. The molecule has 3 aromatic carbocycles. The fourth-order valence-electron chi connectivity index (χ4n) is 3.70. The Bertz CT molecular complexity index is 1090. The van der Waals surface area contributed by atoms with Crippen molar-refractivity contribution in [2.45, 2.75) is 18.8 Å². The second kappa shape index (κ2) is 9.63. The van der Waals surface area contributed by atoms with Gasteiger partial charge in [-0.25, -0.2) is 8.78 Å². The maximum atomic E-state index is 13.4. The van der Waals surface area contributed by atoms with Crippen LogP contribution in [0.4, 0.5) is 8.78 Å². The highest BCUT2D eigenvalue weighted by atomic mass is 19.1. The summed E-state index contributed by atoms with van der Waals surface area (Å²) in [4.78, 5) is 0. The molecule has 3 atom stereocenters. The Kier molecular flexibility index (Phi) is 6.73. The molecule has 3 unspecified atom stereocenters. The number of rotatable bonds is 6. The zero-order valence-corrected chi connectivity index (χ0v) is 16.5. The van der Waals surface area contributed by atoms with Crippen molar-refractivity contribution in [2.24, 2.45) is 5.92 Å². The van der Waals surface area contributed by atoms with Gasteiger partial charge in [-0.15, -0.1) is 0 Å². The molecule has 0 radical (unpaired) electrons. The van der Waals surface area contributed by atoms with Crippen molar-refractivity contribution in [3.8, 4) is 12.1 Å².